The van der Waals surface area contributed by atoms with Crippen molar-refractivity contribution in [3.8, 4) is 0 Å². The van der Waals surface area contributed by atoms with Crippen LogP contribution in [-0.4, -0.2) is 13.1 Å². The molecule has 0 aromatic carbocycles. The quantitative estimate of drug-likeness (QED) is 0.441. The van der Waals surface area contributed by atoms with Crippen LogP contribution in [0.25, 0.3) is 0 Å². The summed E-state index contributed by atoms with van der Waals surface area (Å²) in [7, 11) is 0. The van der Waals surface area contributed by atoms with Gasteiger partial charge >= 0.3 is 0 Å². The number of hydrogen-bond acceptors (Lipinski definition) is 2. The van der Waals surface area contributed by atoms with Gasteiger partial charge in [0.1, 0.15) is 0 Å². The summed E-state index contributed by atoms with van der Waals surface area (Å²) in [5.74, 6) is 0. The lowest BCUT2D eigenvalue weighted by atomic mass is 10.2. The standard InChI is InChI=1S/C5H10N2/c6-5-1-3-7-4-2-5/h1,7H,2-4,6H2. The molecule has 2 nitrogen and oxygen atoms in total. The van der Waals surface area contributed by atoms with Crippen LogP contribution in [0.2, 0.25) is 0 Å². The first-order valence-corrected chi connectivity index (χ1v) is 2.55. The monoisotopic (exact) mass is 98.1 g/mol. The molecule has 0 aromatic heterocycles. The van der Waals surface area contributed by atoms with E-state index in [0.717, 1.165) is 25.2 Å². The van der Waals surface area contributed by atoms with E-state index in [0.29, 0.717) is 0 Å². The van der Waals surface area contributed by atoms with E-state index < -0.39 is 0 Å². The Hall–Kier alpha value is -0.500. The fraction of sp³-hybridized carbons (Fsp3) is 0.600. The van der Waals surface area contributed by atoms with Crippen molar-refractivity contribution in [1.29, 1.82) is 0 Å². The molecule has 0 saturated heterocycles. The molecule has 0 fully saturated rings. The van der Waals surface area contributed by atoms with Crippen molar-refractivity contribution in [2.45, 2.75) is 6.42 Å². The van der Waals surface area contributed by atoms with Gasteiger partial charge in [0.2, 0.25) is 0 Å². The molecule has 0 radical (unpaired) electrons. The summed E-state index contributed by atoms with van der Waals surface area (Å²) in [6.07, 6.45) is 3.03. The maximum absolute atomic E-state index is 5.46. The van der Waals surface area contributed by atoms with Crippen LogP contribution in [0.4, 0.5) is 0 Å². The predicted molar refractivity (Wildman–Crippen MR) is 29.8 cm³/mol. The molecule has 1 heterocycles. The topological polar surface area (TPSA) is 38.0 Å². The van der Waals surface area contributed by atoms with Gasteiger partial charge in [-0.2, -0.15) is 0 Å². The highest BCUT2D eigenvalue weighted by Crippen LogP contribution is 1.93. The molecule has 0 saturated carbocycles. The molecule has 0 atom stereocenters. The van der Waals surface area contributed by atoms with Crippen molar-refractivity contribution in [2.24, 2.45) is 5.73 Å². The van der Waals surface area contributed by atoms with Gasteiger partial charge in [-0.15, -0.1) is 0 Å². The van der Waals surface area contributed by atoms with Crippen molar-refractivity contribution in [1.82, 2.24) is 5.32 Å². The van der Waals surface area contributed by atoms with E-state index in [9.17, 15) is 0 Å². The molecule has 2 heteroatoms. The lowest BCUT2D eigenvalue weighted by Crippen LogP contribution is -2.22. The fourth-order valence-electron chi connectivity index (χ4n) is 0.640. The number of rotatable bonds is 0. The van der Waals surface area contributed by atoms with E-state index in [-0.39, 0.29) is 0 Å². The zero-order valence-electron chi connectivity index (χ0n) is 4.28. The molecule has 1 aliphatic rings. The van der Waals surface area contributed by atoms with E-state index in [1.165, 1.54) is 0 Å². The normalized spacial score (nSPS) is 21.4. The van der Waals surface area contributed by atoms with Crippen LogP contribution >= 0.6 is 0 Å². The van der Waals surface area contributed by atoms with Crippen LogP contribution in [-0.2, 0) is 0 Å². The third kappa shape index (κ3) is 1.20. The summed E-state index contributed by atoms with van der Waals surface area (Å²) in [5, 5.41) is 3.16. The number of hydrogen-bond donors (Lipinski definition) is 2. The van der Waals surface area contributed by atoms with Gasteiger partial charge in [-0.3, -0.25) is 0 Å². The molecule has 40 valence electrons. The predicted octanol–water partition coefficient (Wildman–Crippen LogP) is -0.178. The van der Waals surface area contributed by atoms with Gasteiger partial charge < -0.3 is 11.1 Å². The van der Waals surface area contributed by atoms with Crippen LogP contribution in [0, 0.1) is 0 Å². The second-order valence-corrected chi connectivity index (χ2v) is 1.73. The fourth-order valence-corrected chi connectivity index (χ4v) is 0.640. The number of nitrogens with one attached hydrogen (secondary N) is 1. The van der Waals surface area contributed by atoms with E-state index in [2.05, 4.69) is 5.32 Å². The van der Waals surface area contributed by atoms with Crippen molar-refractivity contribution in [2.75, 3.05) is 13.1 Å². The average Bonchev–Trinajstić information content (AvgIpc) is 1.69. The minimum absolute atomic E-state index is 0.950. The SMILES string of the molecule is NC1=CCNCC1. The molecule has 1 aliphatic heterocycles. The molecule has 1 rings (SSSR count). The highest BCUT2D eigenvalue weighted by atomic mass is 14.9. The Morgan fingerprint density at radius 3 is 2.86 bits per heavy atom. The van der Waals surface area contributed by atoms with Gasteiger partial charge in [-0.25, -0.2) is 0 Å². The van der Waals surface area contributed by atoms with E-state index in [1.54, 1.807) is 0 Å². The summed E-state index contributed by atoms with van der Waals surface area (Å²) < 4.78 is 0. The first-order valence-electron chi connectivity index (χ1n) is 2.55. The van der Waals surface area contributed by atoms with Crippen molar-refractivity contribution < 1.29 is 0 Å². The Kier molecular flexibility index (Phi) is 1.32. The van der Waals surface area contributed by atoms with Gasteiger partial charge in [-0.05, 0) is 6.42 Å². The zero-order chi connectivity index (χ0) is 5.11. The van der Waals surface area contributed by atoms with E-state index in [1.807, 2.05) is 6.08 Å². The van der Waals surface area contributed by atoms with Crippen molar-refractivity contribution >= 4 is 0 Å². The Labute approximate surface area is 43.4 Å². The second kappa shape index (κ2) is 1.98. The van der Waals surface area contributed by atoms with Gasteiger partial charge in [0.05, 0.1) is 0 Å². The molecule has 0 bridgehead atoms. The Morgan fingerprint density at radius 2 is 2.57 bits per heavy atom. The summed E-state index contributed by atoms with van der Waals surface area (Å²) >= 11 is 0. The zero-order valence-corrected chi connectivity index (χ0v) is 4.28. The smallest absolute Gasteiger partial charge is 0.0154 e. The van der Waals surface area contributed by atoms with Crippen molar-refractivity contribution in [3.05, 3.63) is 11.8 Å². The Balaban J connectivity index is 2.40. The first kappa shape index (κ1) is 4.65. The Bertz CT molecular complexity index is 86.1. The molecule has 0 amide bonds. The van der Waals surface area contributed by atoms with Crippen LogP contribution in [0.3, 0.4) is 0 Å². The lowest BCUT2D eigenvalue weighted by molar-refractivity contribution is 0.698. The van der Waals surface area contributed by atoms with Crippen LogP contribution in [0.5, 0.6) is 0 Å². The van der Waals surface area contributed by atoms with Crippen LogP contribution in [0.1, 0.15) is 6.42 Å². The van der Waals surface area contributed by atoms with Crippen molar-refractivity contribution in [3.63, 3.8) is 0 Å². The van der Waals surface area contributed by atoms with Gasteiger partial charge in [-0.1, -0.05) is 6.08 Å². The second-order valence-electron chi connectivity index (χ2n) is 1.73. The van der Waals surface area contributed by atoms with Gasteiger partial charge in [0.15, 0.2) is 0 Å². The van der Waals surface area contributed by atoms with E-state index in [4.69, 9.17) is 5.73 Å². The maximum atomic E-state index is 5.46. The maximum Gasteiger partial charge on any atom is 0.0154 e. The first-order chi connectivity index (χ1) is 3.39. The van der Waals surface area contributed by atoms with Gasteiger partial charge in [0, 0.05) is 18.8 Å². The third-order valence-electron chi connectivity index (χ3n) is 1.10. The minimum atomic E-state index is 0.950. The van der Waals surface area contributed by atoms with Crippen LogP contribution < -0.4 is 11.1 Å². The number of nitrogens with two attached hydrogens (primary N) is 1. The molecule has 0 aliphatic carbocycles. The molecule has 0 spiro atoms. The average molecular weight is 98.1 g/mol. The summed E-state index contributed by atoms with van der Waals surface area (Å²) in [4.78, 5) is 0. The van der Waals surface area contributed by atoms with Gasteiger partial charge in [0.25, 0.3) is 0 Å². The highest BCUT2D eigenvalue weighted by Gasteiger charge is 1.94. The lowest BCUT2D eigenvalue weighted by Gasteiger charge is -2.07. The summed E-state index contributed by atoms with van der Waals surface area (Å²) in [5.41, 5.74) is 6.48. The third-order valence-corrected chi connectivity index (χ3v) is 1.10. The molecule has 7 heavy (non-hydrogen) atoms. The molecule has 3 N–H and O–H groups in total. The van der Waals surface area contributed by atoms with Crippen LogP contribution in [0.15, 0.2) is 11.8 Å². The highest BCUT2D eigenvalue weighted by molar-refractivity contribution is 5.01. The molecule has 0 aromatic rings. The largest absolute Gasteiger partial charge is 0.402 e. The summed E-state index contributed by atoms with van der Waals surface area (Å²) in [6.45, 7) is 1.99. The molecular formula is C5H10N2. The molecular weight excluding hydrogens is 88.1 g/mol. The summed E-state index contributed by atoms with van der Waals surface area (Å²) in [6, 6.07) is 0. The minimum Gasteiger partial charge on any atom is -0.402 e. The Morgan fingerprint density at radius 1 is 1.71 bits per heavy atom. The molecule has 0 unspecified atom stereocenters. The van der Waals surface area contributed by atoms with E-state index >= 15 is 0 Å².